The molecule has 160 valence electrons. The third-order valence-electron chi connectivity index (χ3n) is 5.31. The van der Waals surface area contributed by atoms with Crippen LogP contribution in [0.1, 0.15) is 31.4 Å². The number of nitrogen functional groups attached to an aromatic ring is 1. The number of aryl methyl sites for hydroxylation is 2. The predicted octanol–water partition coefficient (Wildman–Crippen LogP) is 3.35. The second-order valence-electron chi connectivity index (χ2n) is 7.59. The largest absolute Gasteiger partial charge is 0.399 e. The van der Waals surface area contributed by atoms with E-state index in [9.17, 15) is 4.79 Å². The van der Waals surface area contributed by atoms with Crippen molar-refractivity contribution in [1.82, 2.24) is 9.78 Å². The van der Waals surface area contributed by atoms with Crippen LogP contribution in [-0.4, -0.2) is 28.3 Å². The number of benzene rings is 2. The Hall–Kier alpha value is -3.56. The molecule has 6 nitrogen and oxygen atoms in total. The third-order valence-corrected chi connectivity index (χ3v) is 5.31. The summed E-state index contributed by atoms with van der Waals surface area (Å²) in [6.07, 6.45) is 3.84. The highest BCUT2D eigenvalue weighted by Gasteiger charge is 2.26. The van der Waals surface area contributed by atoms with Crippen LogP contribution in [0.4, 0.5) is 11.4 Å². The molecule has 0 aliphatic carbocycles. The summed E-state index contributed by atoms with van der Waals surface area (Å²) in [5.41, 5.74) is 16.9. The van der Waals surface area contributed by atoms with Gasteiger partial charge in [-0.3, -0.25) is 9.48 Å². The lowest BCUT2D eigenvalue weighted by molar-refractivity contribution is -0.117. The highest BCUT2D eigenvalue weighted by molar-refractivity contribution is 5.93. The van der Waals surface area contributed by atoms with Gasteiger partial charge in [-0.2, -0.15) is 5.10 Å². The highest BCUT2D eigenvalue weighted by atomic mass is 16.2. The van der Waals surface area contributed by atoms with Crippen LogP contribution in [0.3, 0.4) is 0 Å². The molecule has 0 unspecified atom stereocenters. The zero-order valence-electron chi connectivity index (χ0n) is 18.3. The van der Waals surface area contributed by atoms with Gasteiger partial charge in [0.2, 0.25) is 5.91 Å². The molecule has 0 saturated heterocycles. The zero-order chi connectivity index (χ0) is 22.4. The van der Waals surface area contributed by atoms with E-state index in [1.165, 1.54) is 5.56 Å². The highest BCUT2D eigenvalue weighted by Crippen LogP contribution is 2.34. The second kappa shape index (κ2) is 9.96. The van der Waals surface area contributed by atoms with E-state index in [-0.39, 0.29) is 11.9 Å². The molecule has 4 N–H and O–H groups in total. The molecule has 1 aliphatic rings. The molecule has 3 aromatic rings. The van der Waals surface area contributed by atoms with Crippen LogP contribution in [0.25, 0.3) is 11.3 Å². The Labute approximate surface area is 183 Å². The van der Waals surface area contributed by atoms with Gasteiger partial charge in [0, 0.05) is 48.7 Å². The van der Waals surface area contributed by atoms with Gasteiger partial charge in [-0.15, -0.1) is 0 Å². The van der Waals surface area contributed by atoms with E-state index in [4.69, 9.17) is 11.5 Å². The number of nitrogens with two attached hydrogens (primary N) is 2. The van der Waals surface area contributed by atoms with Crippen molar-refractivity contribution in [2.75, 3.05) is 17.2 Å². The van der Waals surface area contributed by atoms with Crippen LogP contribution in [-0.2, 0) is 18.3 Å². The molecule has 1 atom stereocenters. The van der Waals surface area contributed by atoms with Crippen molar-refractivity contribution < 1.29 is 4.79 Å². The minimum Gasteiger partial charge on any atom is -0.399 e. The van der Waals surface area contributed by atoms with Crippen molar-refractivity contribution in [3.8, 4) is 23.1 Å². The fraction of sp³-hybridized carbons (Fsp3) is 0.280. The lowest BCUT2D eigenvalue weighted by Gasteiger charge is -2.34. The Bertz CT molecular complexity index is 1100. The number of fused-ring (bicyclic) bond motifs is 1. The molecular weight excluding hydrogens is 386 g/mol. The van der Waals surface area contributed by atoms with E-state index in [1.54, 1.807) is 13.1 Å². The average Bonchev–Trinajstić information content (AvgIpc) is 3.19. The number of anilines is 2. The van der Waals surface area contributed by atoms with E-state index in [0.29, 0.717) is 6.54 Å². The van der Waals surface area contributed by atoms with Crippen molar-refractivity contribution in [2.24, 2.45) is 12.8 Å². The van der Waals surface area contributed by atoms with Crippen molar-refractivity contribution >= 4 is 17.3 Å². The quantitative estimate of drug-likeness (QED) is 0.471. The number of aromatic nitrogens is 2. The number of hydrogen-bond donors (Lipinski definition) is 2. The van der Waals surface area contributed by atoms with Crippen molar-refractivity contribution in [3.05, 3.63) is 65.9 Å². The topological polar surface area (TPSA) is 90.2 Å². The molecule has 0 spiro atoms. The summed E-state index contributed by atoms with van der Waals surface area (Å²) < 4.78 is 1.87. The molecule has 2 aromatic carbocycles. The molecule has 1 amide bonds. The van der Waals surface area contributed by atoms with Gasteiger partial charge in [0.25, 0.3) is 0 Å². The first-order chi connectivity index (χ1) is 14.9. The number of carbonyl (C=O) groups is 1. The average molecular weight is 416 g/mol. The Morgan fingerprint density at radius 2 is 1.94 bits per heavy atom. The van der Waals surface area contributed by atoms with Crippen LogP contribution in [0.5, 0.6) is 0 Å². The van der Waals surface area contributed by atoms with Gasteiger partial charge in [0.15, 0.2) is 0 Å². The summed E-state index contributed by atoms with van der Waals surface area (Å²) >= 11 is 0. The molecule has 6 heteroatoms. The molecule has 1 aliphatic heterocycles. The number of hydrogen-bond acceptors (Lipinski definition) is 4. The van der Waals surface area contributed by atoms with Gasteiger partial charge in [0.1, 0.15) is 0 Å². The molecule has 0 bridgehead atoms. The Morgan fingerprint density at radius 3 is 2.55 bits per heavy atom. The number of amides is 1. The predicted molar refractivity (Wildman–Crippen MR) is 126 cm³/mol. The van der Waals surface area contributed by atoms with Crippen molar-refractivity contribution in [1.29, 1.82) is 0 Å². The van der Waals surface area contributed by atoms with Gasteiger partial charge in [-0.05, 0) is 67.8 Å². The second-order valence-corrected chi connectivity index (χ2v) is 7.59. The molecular formula is C25H29N5O. The molecule has 0 saturated carbocycles. The lowest BCUT2D eigenvalue weighted by atomic mass is 9.94. The lowest BCUT2D eigenvalue weighted by Crippen LogP contribution is -2.40. The summed E-state index contributed by atoms with van der Waals surface area (Å²) in [4.78, 5) is 13.8. The van der Waals surface area contributed by atoms with Crippen molar-refractivity contribution in [3.63, 3.8) is 0 Å². The van der Waals surface area contributed by atoms with Gasteiger partial charge < -0.3 is 16.4 Å². The Kier molecular flexibility index (Phi) is 7.11. The first-order valence-corrected chi connectivity index (χ1v) is 10.4. The van der Waals surface area contributed by atoms with Gasteiger partial charge in [0.05, 0.1) is 12.2 Å². The molecule has 31 heavy (non-hydrogen) atoms. The van der Waals surface area contributed by atoms with E-state index in [2.05, 4.69) is 42.1 Å². The maximum atomic E-state index is 11.9. The minimum absolute atomic E-state index is 0.117. The van der Waals surface area contributed by atoms with Crippen LogP contribution >= 0.6 is 0 Å². The maximum absolute atomic E-state index is 11.9. The van der Waals surface area contributed by atoms with Gasteiger partial charge in [-0.1, -0.05) is 17.9 Å². The van der Waals surface area contributed by atoms with Crippen LogP contribution in [0.15, 0.2) is 54.7 Å². The Morgan fingerprint density at radius 1 is 1.19 bits per heavy atom. The number of nitrogens with zero attached hydrogens (tertiary/aromatic N) is 3. The standard InChI is InChI=1S/C16H19N3O.C9H10N2/c1-11-4-5-14-10-13(15-8-9-17-18(15)3)6-7-16(14)19(11)12(2)20;10-7-1-2-8-3-5-9(11)6-4-8/h6-11H,4-5H2,1-3H3;3-6H,7,10-11H2/t11-;/m0./s1. The van der Waals surface area contributed by atoms with E-state index in [1.807, 2.05) is 47.0 Å². The van der Waals surface area contributed by atoms with Gasteiger partial charge in [-0.25, -0.2) is 0 Å². The van der Waals surface area contributed by atoms with Crippen molar-refractivity contribution in [2.45, 2.75) is 32.7 Å². The molecule has 2 heterocycles. The third kappa shape index (κ3) is 5.33. The number of rotatable bonds is 1. The first kappa shape index (κ1) is 22.1. The van der Waals surface area contributed by atoms with Crippen LogP contribution in [0.2, 0.25) is 0 Å². The summed E-state index contributed by atoms with van der Waals surface area (Å²) in [5.74, 6) is 5.78. The van der Waals surface area contributed by atoms with E-state index < -0.39 is 0 Å². The van der Waals surface area contributed by atoms with Crippen LogP contribution < -0.4 is 16.4 Å². The molecule has 4 rings (SSSR count). The zero-order valence-corrected chi connectivity index (χ0v) is 18.3. The smallest absolute Gasteiger partial charge is 0.224 e. The van der Waals surface area contributed by atoms with E-state index in [0.717, 1.165) is 41.0 Å². The fourth-order valence-corrected chi connectivity index (χ4v) is 3.77. The maximum Gasteiger partial charge on any atom is 0.224 e. The van der Waals surface area contributed by atoms with Crippen LogP contribution in [0, 0.1) is 11.8 Å². The number of carbonyl (C=O) groups excluding carboxylic acids is 1. The molecule has 0 fully saturated rings. The normalized spacial score (nSPS) is 14.6. The summed E-state index contributed by atoms with van der Waals surface area (Å²) in [6.45, 7) is 4.14. The fourth-order valence-electron chi connectivity index (χ4n) is 3.77. The SMILES string of the molecule is CC(=O)N1c2ccc(-c3ccnn3C)cc2CC[C@@H]1C.NCC#Cc1ccc(N)cc1. The summed E-state index contributed by atoms with van der Waals surface area (Å²) in [5, 5.41) is 4.21. The van der Waals surface area contributed by atoms with Gasteiger partial charge >= 0.3 is 0 Å². The molecule has 0 radical (unpaired) electrons. The first-order valence-electron chi connectivity index (χ1n) is 10.4. The summed E-state index contributed by atoms with van der Waals surface area (Å²) in [7, 11) is 1.94. The molecule has 1 aromatic heterocycles. The monoisotopic (exact) mass is 415 g/mol. The minimum atomic E-state index is 0.117. The summed E-state index contributed by atoms with van der Waals surface area (Å²) in [6, 6.07) is 16.0. The Balaban J connectivity index is 0.000000210. The van der Waals surface area contributed by atoms with E-state index >= 15 is 0 Å².